The first-order chi connectivity index (χ1) is 13.3. The first-order valence-electron chi connectivity index (χ1n) is 10.1. The number of nitrogens with zero attached hydrogens (tertiary/aromatic N) is 4. The Morgan fingerprint density at radius 3 is 2.96 bits per heavy atom. The van der Waals surface area contributed by atoms with Crippen LogP contribution < -0.4 is 5.56 Å². The molecule has 0 amide bonds. The number of hydrogen-bond acceptors (Lipinski definition) is 6. The number of aryl methyl sites for hydroxylation is 2. The molecular weight excluding hydrogens is 344 g/mol. The molecule has 3 aliphatic rings. The minimum absolute atomic E-state index is 0.0623. The number of rotatable bonds is 4. The summed E-state index contributed by atoms with van der Waals surface area (Å²) in [6, 6.07) is 1.81. The van der Waals surface area contributed by atoms with Crippen LogP contribution in [0.2, 0.25) is 0 Å². The van der Waals surface area contributed by atoms with Gasteiger partial charge in [0, 0.05) is 31.1 Å². The predicted molar refractivity (Wildman–Crippen MR) is 98.4 cm³/mol. The molecule has 2 aromatic heterocycles. The van der Waals surface area contributed by atoms with Crippen molar-refractivity contribution in [1.82, 2.24) is 19.8 Å². The number of fused-ring (bicyclic) bond motifs is 2. The molecule has 0 aromatic carbocycles. The molecule has 5 rings (SSSR count). The highest BCUT2D eigenvalue weighted by Gasteiger charge is 2.25. The minimum atomic E-state index is 0.0623. The van der Waals surface area contributed by atoms with Crippen molar-refractivity contribution in [3.8, 4) is 0 Å². The van der Waals surface area contributed by atoms with Crippen LogP contribution in [-0.4, -0.2) is 39.5 Å². The summed E-state index contributed by atoms with van der Waals surface area (Å²) in [5.74, 6) is 1.51. The Morgan fingerprint density at radius 2 is 2.07 bits per heavy atom. The summed E-state index contributed by atoms with van der Waals surface area (Å²) in [4.78, 5) is 14.8. The highest BCUT2D eigenvalue weighted by molar-refractivity contribution is 5.24. The van der Waals surface area contributed by atoms with Gasteiger partial charge >= 0.3 is 0 Å². The Balaban J connectivity index is 1.19. The number of ether oxygens (including phenoxy) is 1. The number of hydrogen-bond donors (Lipinski definition) is 0. The van der Waals surface area contributed by atoms with Gasteiger partial charge in [-0.1, -0.05) is 5.16 Å². The van der Waals surface area contributed by atoms with E-state index in [0.29, 0.717) is 12.5 Å². The average molecular weight is 370 g/mol. The van der Waals surface area contributed by atoms with Gasteiger partial charge in [0.2, 0.25) is 0 Å². The van der Waals surface area contributed by atoms with E-state index in [1.165, 1.54) is 0 Å². The van der Waals surface area contributed by atoms with Crippen LogP contribution in [0.4, 0.5) is 0 Å². The fraction of sp³-hybridized carbons (Fsp3) is 0.650. The number of aromatic nitrogens is 3. The van der Waals surface area contributed by atoms with Crippen LogP contribution in [0.1, 0.15) is 47.5 Å². The molecular formula is C20H26N4O3. The van der Waals surface area contributed by atoms with Crippen molar-refractivity contribution >= 4 is 0 Å². The normalized spacial score (nSPS) is 20.6. The van der Waals surface area contributed by atoms with E-state index in [0.717, 1.165) is 99.6 Å². The van der Waals surface area contributed by atoms with E-state index in [4.69, 9.17) is 9.26 Å². The van der Waals surface area contributed by atoms with Crippen molar-refractivity contribution in [2.45, 2.75) is 58.2 Å². The fourth-order valence-electron chi connectivity index (χ4n) is 4.56. The zero-order valence-corrected chi connectivity index (χ0v) is 15.7. The van der Waals surface area contributed by atoms with E-state index in [-0.39, 0.29) is 5.56 Å². The molecule has 0 N–H and O–H groups in total. The highest BCUT2D eigenvalue weighted by Crippen LogP contribution is 2.25. The number of likely N-dealkylation sites (tertiary alicyclic amines) is 1. The van der Waals surface area contributed by atoms with E-state index in [9.17, 15) is 4.79 Å². The first kappa shape index (κ1) is 17.1. The standard InChI is InChI=1S/C20H26N4O3/c25-20-10-15-2-1-3-17(15)21-24(20)11-14-4-7-23(8-5-14)12-18-16-13-26-9-6-19(16)27-22-18/h10,14H,1-9,11-13H2. The zero-order valence-electron chi connectivity index (χ0n) is 15.7. The summed E-state index contributed by atoms with van der Waals surface area (Å²) >= 11 is 0. The maximum atomic E-state index is 12.3. The molecule has 2 aromatic rings. The van der Waals surface area contributed by atoms with Crippen molar-refractivity contribution in [2.75, 3.05) is 19.7 Å². The van der Waals surface area contributed by atoms with E-state index < -0.39 is 0 Å². The summed E-state index contributed by atoms with van der Waals surface area (Å²) < 4.78 is 12.7. The molecule has 2 aliphatic heterocycles. The van der Waals surface area contributed by atoms with Crippen molar-refractivity contribution in [3.63, 3.8) is 0 Å². The summed E-state index contributed by atoms with van der Waals surface area (Å²) in [7, 11) is 0. The molecule has 27 heavy (non-hydrogen) atoms. The quantitative estimate of drug-likeness (QED) is 0.816. The van der Waals surface area contributed by atoms with Crippen molar-refractivity contribution < 1.29 is 9.26 Å². The van der Waals surface area contributed by atoms with Gasteiger partial charge in [0.05, 0.1) is 18.9 Å². The maximum Gasteiger partial charge on any atom is 0.267 e. The molecule has 0 atom stereocenters. The topological polar surface area (TPSA) is 73.4 Å². The molecule has 0 saturated carbocycles. The van der Waals surface area contributed by atoms with Crippen LogP contribution in [-0.2, 0) is 43.7 Å². The Kier molecular flexibility index (Phi) is 4.57. The lowest BCUT2D eigenvalue weighted by molar-refractivity contribution is 0.102. The fourth-order valence-corrected chi connectivity index (χ4v) is 4.56. The Morgan fingerprint density at radius 1 is 1.19 bits per heavy atom. The monoisotopic (exact) mass is 370 g/mol. The SMILES string of the molecule is O=c1cc2c(nn1CC1CCN(Cc3noc4c3COCC4)CC1)CCC2. The number of piperidine rings is 1. The summed E-state index contributed by atoms with van der Waals surface area (Å²) in [5.41, 5.74) is 4.53. The second-order valence-electron chi connectivity index (χ2n) is 8.04. The van der Waals surface area contributed by atoms with Gasteiger partial charge in [-0.25, -0.2) is 4.68 Å². The maximum absolute atomic E-state index is 12.3. The smallest absolute Gasteiger partial charge is 0.267 e. The molecule has 144 valence electrons. The van der Waals surface area contributed by atoms with E-state index in [1.54, 1.807) is 10.7 Å². The lowest BCUT2D eigenvalue weighted by Crippen LogP contribution is -2.37. The third-order valence-corrected chi connectivity index (χ3v) is 6.21. The third-order valence-electron chi connectivity index (χ3n) is 6.21. The predicted octanol–water partition coefficient (Wildman–Crippen LogP) is 1.70. The summed E-state index contributed by atoms with van der Waals surface area (Å²) in [6.07, 6.45) is 6.14. The minimum Gasteiger partial charge on any atom is -0.376 e. The molecule has 1 saturated heterocycles. The molecule has 0 spiro atoms. The largest absolute Gasteiger partial charge is 0.376 e. The lowest BCUT2D eigenvalue weighted by Gasteiger charge is -2.31. The Labute approximate surface area is 158 Å². The van der Waals surface area contributed by atoms with Crippen LogP contribution in [0.3, 0.4) is 0 Å². The highest BCUT2D eigenvalue weighted by atomic mass is 16.5. The van der Waals surface area contributed by atoms with Gasteiger partial charge in [0.1, 0.15) is 11.5 Å². The van der Waals surface area contributed by atoms with Gasteiger partial charge in [0.25, 0.3) is 5.56 Å². The van der Waals surface area contributed by atoms with E-state index >= 15 is 0 Å². The van der Waals surface area contributed by atoms with Crippen LogP contribution in [0.25, 0.3) is 0 Å². The van der Waals surface area contributed by atoms with Gasteiger partial charge in [-0.2, -0.15) is 5.10 Å². The van der Waals surface area contributed by atoms with E-state index in [2.05, 4.69) is 15.2 Å². The summed E-state index contributed by atoms with van der Waals surface area (Å²) in [6.45, 7) is 4.96. The third kappa shape index (κ3) is 3.46. The van der Waals surface area contributed by atoms with Crippen LogP contribution in [0.15, 0.2) is 15.4 Å². The molecule has 1 fully saturated rings. The second kappa shape index (κ2) is 7.20. The molecule has 0 radical (unpaired) electrons. The van der Waals surface area contributed by atoms with Gasteiger partial charge < -0.3 is 9.26 Å². The van der Waals surface area contributed by atoms with Crippen LogP contribution >= 0.6 is 0 Å². The Bertz CT molecular complexity index is 880. The zero-order chi connectivity index (χ0) is 18.2. The molecule has 0 bridgehead atoms. The molecule has 7 heteroatoms. The molecule has 1 aliphatic carbocycles. The van der Waals surface area contributed by atoms with Crippen LogP contribution in [0.5, 0.6) is 0 Å². The first-order valence-corrected chi connectivity index (χ1v) is 10.1. The molecule has 0 unspecified atom stereocenters. The summed E-state index contributed by atoms with van der Waals surface area (Å²) in [5, 5.41) is 8.90. The van der Waals surface area contributed by atoms with Crippen molar-refractivity contribution in [3.05, 3.63) is 44.7 Å². The van der Waals surface area contributed by atoms with Gasteiger partial charge in [0.15, 0.2) is 0 Å². The second-order valence-corrected chi connectivity index (χ2v) is 8.04. The van der Waals surface area contributed by atoms with E-state index in [1.807, 2.05) is 0 Å². The molecule has 7 nitrogen and oxygen atoms in total. The van der Waals surface area contributed by atoms with Crippen molar-refractivity contribution in [2.24, 2.45) is 5.92 Å². The Hall–Kier alpha value is -1.99. The average Bonchev–Trinajstić information content (AvgIpc) is 3.30. The van der Waals surface area contributed by atoms with Gasteiger partial charge in [-0.05, 0) is 56.7 Å². The molecule has 4 heterocycles. The van der Waals surface area contributed by atoms with Crippen molar-refractivity contribution in [1.29, 1.82) is 0 Å². The van der Waals surface area contributed by atoms with Crippen LogP contribution in [0, 0.1) is 5.92 Å². The lowest BCUT2D eigenvalue weighted by atomic mass is 9.96. The van der Waals surface area contributed by atoms with Gasteiger partial charge in [-0.3, -0.25) is 9.69 Å². The van der Waals surface area contributed by atoms with Gasteiger partial charge in [-0.15, -0.1) is 0 Å².